The summed E-state index contributed by atoms with van der Waals surface area (Å²) in [4.78, 5) is 32.9. The molecule has 0 atom stereocenters. The Bertz CT molecular complexity index is 1240. The summed E-state index contributed by atoms with van der Waals surface area (Å²) >= 11 is 1.66. The van der Waals surface area contributed by atoms with E-state index in [1.54, 1.807) is 35.2 Å². The largest absolute Gasteiger partial charge is 0.364 e. The fourth-order valence-electron chi connectivity index (χ4n) is 3.22. The van der Waals surface area contributed by atoms with Gasteiger partial charge in [-0.05, 0) is 24.4 Å². The fourth-order valence-corrected chi connectivity index (χ4v) is 3.86. The number of benzene rings is 1. The monoisotopic (exact) mass is 437 g/mol. The molecule has 4 rings (SSSR count). The normalized spacial score (nSPS) is 10.9. The molecule has 0 bridgehead atoms. The van der Waals surface area contributed by atoms with E-state index in [-0.39, 0.29) is 17.2 Å². The molecule has 31 heavy (non-hydrogen) atoms. The second-order valence-electron chi connectivity index (χ2n) is 6.72. The van der Waals surface area contributed by atoms with Crippen molar-refractivity contribution >= 4 is 39.8 Å². The number of thiophene rings is 1. The van der Waals surface area contributed by atoms with Gasteiger partial charge in [0.05, 0.1) is 29.6 Å². The standard InChI is InChI=1S/C20H19N7O3S/c1-13-15(5-2-6-17(13)27(29)30)20(28)21-7-8-26-19-16(11-25-26)18(23-12-24-19)22-10-14-4-3-9-31-14/h2-6,9,11-12H,7-8,10H2,1H3,(H,21,28)(H,22,23,24). The zero-order valence-electron chi connectivity index (χ0n) is 16.6. The molecule has 10 nitrogen and oxygen atoms in total. The highest BCUT2D eigenvalue weighted by molar-refractivity contribution is 7.09. The van der Waals surface area contributed by atoms with Gasteiger partial charge in [0, 0.05) is 28.6 Å². The molecule has 3 aromatic heterocycles. The average molecular weight is 437 g/mol. The number of aromatic nitrogens is 4. The highest BCUT2D eigenvalue weighted by atomic mass is 32.1. The smallest absolute Gasteiger partial charge is 0.273 e. The first-order valence-corrected chi connectivity index (χ1v) is 10.4. The van der Waals surface area contributed by atoms with Crippen molar-refractivity contribution in [2.45, 2.75) is 20.0 Å². The average Bonchev–Trinajstić information content (AvgIpc) is 3.42. The first kappa shape index (κ1) is 20.4. The predicted molar refractivity (Wildman–Crippen MR) is 117 cm³/mol. The first-order valence-electron chi connectivity index (χ1n) is 9.49. The summed E-state index contributed by atoms with van der Waals surface area (Å²) in [6, 6.07) is 8.50. The maximum absolute atomic E-state index is 12.5. The molecule has 0 saturated carbocycles. The Morgan fingerprint density at radius 2 is 2.13 bits per heavy atom. The zero-order valence-corrected chi connectivity index (χ0v) is 17.4. The van der Waals surface area contributed by atoms with E-state index in [0.717, 1.165) is 5.39 Å². The fraction of sp³-hybridized carbons (Fsp3) is 0.200. The van der Waals surface area contributed by atoms with Gasteiger partial charge in [0.1, 0.15) is 12.1 Å². The van der Waals surface area contributed by atoms with Crippen LogP contribution in [0, 0.1) is 17.0 Å². The number of anilines is 1. The van der Waals surface area contributed by atoms with Gasteiger partial charge >= 0.3 is 0 Å². The SMILES string of the molecule is Cc1c(C(=O)NCCn2ncc3c(NCc4cccs4)ncnc32)cccc1[N+](=O)[O-]. The van der Waals surface area contributed by atoms with Gasteiger partial charge in [-0.3, -0.25) is 14.9 Å². The Balaban J connectivity index is 1.42. The number of nitrogens with one attached hydrogen (secondary N) is 2. The van der Waals surface area contributed by atoms with Crippen LogP contribution >= 0.6 is 11.3 Å². The van der Waals surface area contributed by atoms with Crippen LogP contribution in [0.3, 0.4) is 0 Å². The molecule has 158 valence electrons. The summed E-state index contributed by atoms with van der Waals surface area (Å²) in [6.45, 7) is 2.91. The molecule has 1 amide bonds. The molecule has 0 spiro atoms. The van der Waals surface area contributed by atoms with Crippen molar-refractivity contribution in [3.05, 3.63) is 74.4 Å². The highest BCUT2D eigenvalue weighted by Crippen LogP contribution is 2.22. The van der Waals surface area contributed by atoms with Crippen LogP contribution in [-0.2, 0) is 13.1 Å². The van der Waals surface area contributed by atoms with Gasteiger partial charge in [-0.2, -0.15) is 5.10 Å². The van der Waals surface area contributed by atoms with Crippen molar-refractivity contribution in [2.75, 3.05) is 11.9 Å². The molecular weight excluding hydrogens is 418 g/mol. The number of fused-ring (bicyclic) bond motifs is 1. The lowest BCUT2D eigenvalue weighted by Gasteiger charge is -2.09. The third kappa shape index (κ3) is 4.36. The third-order valence-electron chi connectivity index (χ3n) is 4.80. The van der Waals surface area contributed by atoms with E-state index in [0.29, 0.717) is 36.7 Å². The Morgan fingerprint density at radius 1 is 1.26 bits per heavy atom. The lowest BCUT2D eigenvalue weighted by atomic mass is 10.1. The molecule has 0 saturated heterocycles. The molecule has 0 unspecified atom stereocenters. The van der Waals surface area contributed by atoms with Crippen LogP contribution in [0.15, 0.2) is 48.2 Å². The van der Waals surface area contributed by atoms with Gasteiger partial charge in [-0.1, -0.05) is 12.1 Å². The Hall–Kier alpha value is -3.86. The number of rotatable bonds is 8. The van der Waals surface area contributed by atoms with Crippen LogP contribution in [0.1, 0.15) is 20.8 Å². The van der Waals surface area contributed by atoms with E-state index in [4.69, 9.17) is 0 Å². The molecular formula is C20H19N7O3S. The number of carbonyl (C=O) groups excluding carboxylic acids is 1. The maximum Gasteiger partial charge on any atom is 0.273 e. The number of nitrogens with zero attached hydrogens (tertiary/aromatic N) is 5. The lowest BCUT2D eigenvalue weighted by Crippen LogP contribution is -2.28. The molecule has 0 aliphatic carbocycles. The van der Waals surface area contributed by atoms with Gasteiger partial charge in [0.15, 0.2) is 5.65 Å². The number of hydrogen-bond acceptors (Lipinski definition) is 8. The van der Waals surface area contributed by atoms with Crippen LogP contribution in [0.2, 0.25) is 0 Å². The molecule has 0 fully saturated rings. The third-order valence-corrected chi connectivity index (χ3v) is 5.68. The lowest BCUT2D eigenvalue weighted by molar-refractivity contribution is -0.385. The van der Waals surface area contributed by atoms with Crippen LogP contribution in [0.25, 0.3) is 11.0 Å². The summed E-state index contributed by atoms with van der Waals surface area (Å²) < 4.78 is 1.69. The Labute approximate surface area is 181 Å². The van der Waals surface area contributed by atoms with Crippen LogP contribution in [-0.4, -0.2) is 37.1 Å². The Morgan fingerprint density at radius 3 is 2.90 bits per heavy atom. The number of nitro groups is 1. The number of nitro benzene ring substituents is 1. The van der Waals surface area contributed by atoms with Crippen molar-refractivity contribution < 1.29 is 9.72 Å². The van der Waals surface area contributed by atoms with E-state index in [1.807, 2.05) is 17.5 Å². The number of amides is 1. The summed E-state index contributed by atoms with van der Waals surface area (Å²) in [5, 5.41) is 24.3. The second-order valence-corrected chi connectivity index (χ2v) is 7.76. The van der Waals surface area contributed by atoms with E-state index < -0.39 is 4.92 Å². The van der Waals surface area contributed by atoms with E-state index in [2.05, 4.69) is 25.7 Å². The van der Waals surface area contributed by atoms with E-state index in [9.17, 15) is 14.9 Å². The minimum Gasteiger partial charge on any atom is -0.364 e. The molecule has 2 N–H and O–H groups in total. The van der Waals surface area contributed by atoms with Crippen LogP contribution in [0.5, 0.6) is 0 Å². The predicted octanol–water partition coefficient (Wildman–Crippen LogP) is 3.15. The zero-order chi connectivity index (χ0) is 21.8. The molecule has 3 heterocycles. The number of hydrogen-bond donors (Lipinski definition) is 2. The van der Waals surface area contributed by atoms with Crippen molar-refractivity contribution in [3.63, 3.8) is 0 Å². The van der Waals surface area contributed by atoms with E-state index >= 15 is 0 Å². The summed E-state index contributed by atoms with van der Waals surface area (Å²) in [7, 11) is 0. The van der Waals surface area contributed by atoms with Gasteiger partial charge in [0.2, 0.25) is 0 Å². The number of carbonyl (C=O) groups is 1. The maximum atomic E-state index is 12.5. The highest BCUT2D eigenvalue weighted by Gasteiger charge is 2.18. The van der Waals surface area contributed by atoms with Crippen molar-refractivity contribution in [3.8, 4) is 0 Å². The topological polar surface area (TPSA) is 128 Å². The van der Waals surface area contributed by atoms with Crippen LogP contribution in [0.4, 0.5) is 11.5 Å². The van der Waals surface area contributed by atoms with E-state index in [1.165, 1.54) is 23.3 Å². The van der Waals surface area contributed by atoms with Crippen molar-refractivity contribution in [1.82, 2.24) is 25.1 Å². The quantitative estimate of drug-likeness (QED) is 0.320. The molecule has 4 aromatic rings. The van der Waals surface area contributed by atoms with Gasteiger partial charge in [-0.25, -0.2) is 14.6 Å². The molecule has 0 aliphatic rings. The summed E-state index contributed by atoms with van der Waals surface area (Å²) in [5.41, 5.74) is 1.19. The second kappa shape index (κ2) is 8.88. The molecule has 1 aromatic carbocycles. The van der Waals surface area contributed by atoms with Crippen molar-refractivity contribution in [1.29, 1.82) is 0 Å². The van der Waals surface area contributed by atoms with Crippen molar-refractivity contribution in [2.24, 2.45) is 0 Å². The van der Waals surface area contributed by atoms with Gasteiger partial charge in [-0.15, -0.1) is 11.3 Å². The minimum absolute atomic E-state index is 0.0787. The van der Waals surface area contributed by atoms with Gasteiger partial charge < -0.3 is 10.6 Å². The summed E-state index contributed by atoms with van der Waals surface area (Å²) in [5.74, 6) is 0.325. The molecule has 0 aliphatic heterocycles. The van der Waals surface area contributed by atoms with Crippen LogP contribution < -0.4 is 10.6 Å². The summed E-state index contributed by atoms with van der Waals surface area (Å²) in [6.07, 6.45) is 3.17. The Kier molecular flexibility index (Phi) is 5.85. The minimum atomic E-state index is -0.494. The molecule has 11 heteroatoms. The molecule has 0 radical (unpaired) electrons. The van der Waals surface area contributed by atoms with Gasteiger partial charge in [0.25, 0.3) is 11.6 Å². The first-order chi connectivity index (χ1) is 15.0.